The summed E-state index contributed by atoms with van der Waals surface area (Å²) in [6.07, 6.45) is -0.182. The predicted molar refractivity (Wildman–Crippen MR) is 56.8 cm³/mol. The van der Waals surface area contributed by atoms with E-state index in [4.69, 9.17) is 15.6 Å². The molecular formula is C10H18N2O4. The van der Waals surface area contributed by atoms with Crippen LogP contribution in [0.25, 0.3) is 0 Å². The molecule has 0 aromatic heterocycles. The first kappa shape index (κ1) is 12.9. The van der Waals surface area contributed by atoms with E-state index in [0.29, 0.717) is 13.0 Å². The summed E-state index contributed by atoms with van der Waals surface area (Å²) in [4.78, 5) is 24.4. The molecule has 3 N–H and O–H groups in total. The first-order valence-corrected chi connectivity index (χ1v) is 5.29. The molecule has 3 atom stereocenters. The number of nitrogens with two attached hydrogens (primary N) is 1. The number of rotatable bonds is 4. The highest BCUT2D eigenvalue weighted by atomic mass is 16.5. The van der Waals surface area contributed by atoms with E-state index in [1.807, 2.05) is 0 Å². The van der Waals surface area contributed by atoms with Crippen LogP contribution < -0.4 is 5.73 Å². The first-order chi connectivity index (χ1) is 7.52. The summed E-state index contributed by atoms with van der Waals surface area (Å²) in [7, 11) is 1.42. The van der Waals surface area contributed by atoms with Crippen LogP contribution in [0, 0.1) is 5.92 Å². The summed E-state index contributed by atoms with van der Waals surface area (Å²) in [6.45, 7) is 2.31. The van der Waals surface area contributed by atoms with Gasteiger partial charge >= 0.3 is 5.97 Å². The lowest BCUT2D eigenvalue weighted by Gasteiger charge is -2.26. The quantitative estimate of drug-likeness (QED) is 0.665. The van der Waals surface area contributed by atoms with Crippen LogP contribution >= 0.6 is 0 Å². The number of carboxylic acids is 1. The fourth-order valence-electron chi connectivity index (χ4n) is 2.06. The molecule has 1 heterocycles. The molecule has 0 spiro atoms. The molecule has 1 amide bonds. The van der Waals surface area contributed by atoms with Gasteiger partial charge in [0.2, 0.25) is 0 Å². The topological polar surface area (TPSA) is 92.9 Å². The number of likely N-dealkylation sites (tertiary alicyclic amines) is 1. The second kappa shape index (κ2) is 5.27. The molecule has 0 saturated carbocycles. The van der Waals surface area contributed by atoms with E-state index in [2.05, 4.69) is 0 Å². The van der Waals surface area contributed by atoms with E-state index in [1.165, 1.54) is 7.11 Å². The molecule has 16 heavy (non-hydrogen) atoms. The van der Waals surface area contributed by atoms with Crippen molar-refractivity contribution in [1.29, 1.82) is 0 Å². The number of nitrogens with zero attached hydrogens (tertiary/aromatic N) is 1. The highest BCUT2D eigenvalue weighted by Crippen LogP contribution is 2.25. The minimum absolute atomic E-state index is 0.107. The van der Waals surface area contributed by atoms with Crippen molar-refractivity contribution in [3.63, 3.8) is 0 Å². The Hall–Kier alpha value is -1.14. The zero-order valence-electron chi connectivity index (χ0n) is 9.55. The van der Waals surface area contributed by atoms with Gasteiger partial charge in [-0.1, -0.05) is 0 Å². The summed E-state index contributed by atoms with van der Waals surface area (Å²) in [5.41, 5.74) is 5.40. The molecular weight excluding hydrogens is 212 g/mol. The first-order valence-electron chi connectivity index (χ1n) is 5.29. The second-order valence-corrected chi connectivity index (χ2v) is 3.97. The van der Waals surface area contributed by atoms with E-state index < -0.39 is 18.0 Å². The Balaban J connectivity index is 2.69. The van der Waals surface area contributed by atoms with Gasteiger partial charge in [0.1, 0.15) is 6.10 Å². The maximum atomic E-state index is 11.9. The van der Waals surface area contributed by atoms with Crippen LogP contribution in [0.5, 0.6) is 0 Å². The third kappa shape index (κ3) is 2.33. The standard InChI is InChI=1S/C10H18N2O4/c1-6-7(10(14)15)3-4-12(6)9(13)8(5-11)16-2/h6-8H,3-5,11H2,1-2H3,(H,14,15). The molecule has 92 valence electrons. The summed E-state index contributed by atoms with van der Waals surface area (Å²) >= 11 is 0. The molecule has 0 aromatic rings. The molecule has 1 aliphatic heterocycles. The number of carbonyl (C=O) groups is 2. The third-order valence-corrected chi connectivity index (χ3v) is 3.13. The molecule has 6 heteroatoms. The summed E-state index contributed by atoms with van der Waals surface area (Å²) in [6, 6.07) is -0.297. The summed E-state index contributed by atoms with van der Waals surface area (Å²) in [5, 5.41) is 8.94. The van der Waals surface area contributed by atoms with Crippen molar-refractivity contribution in [3.8, 4) is 0 Å². The fraction of sp³-hybridized carbons (Fsp3) is 0.800. The van der Waals surface area contributed by atoms with Gasteiger partial charge in [-0.05, 0) is 13.3 Å². The van der Waals surface area contributed by atoms with Gasteiger partial charge in [0.15, 0.2) is 0 Å². The number of ether oxygens (including phenoxy) is 1. The molecule has 1 aliphatic rings. The van der Waals surface area contributed by atoms with Gasteiger partial charge in [0.25, 0.3) is 5.91 Å². The predicted octanol–water partition coefficient (Wildman–Crippen LogP) is -0.718. The number of methoxy groups -OCH3 is 1. The van der Waals surface area contributed by atoms with Gasteiger partial charge in [-0.25, -0.2) is 0 Å². The van der Waals surface area contributed by atoms with Crippen LogP contribution in [0.3, 0.4) is 0 Å². The average Bonchev–Trinajstić information content (AvgIpc) is 2.61. The average molecular weight is 230 g/mol. The number of carboxylic acid groups (broad SMARTS) is 1. The van der Waals surface area contributed by atoms with Gasteiger partial charge in [0.05, 0.1) is 5.92 Å². The Kier molecular flexibility index (Phi) is 4.26. The largest absolute Gasteiger partial charge is 0.481 e. The number of carbonyl (C=O) groups excluding carboxylic acids is 1. The number of hydrogen-bond acceptors (Lipinski definition) is 4. The smallest absolute Gasteiger partial charge is 0.308 e. The summed E-state index contributed by atoms with van der Waals surface area (Å²) in [5.74, 6) is -1.56. The van der Waals surface area contributed by atoms with Crippen LogP contribution in [0.15, 0.2) is 0 Å². The monoisotopic (exact) mass is 230 g/mol. The Labute approximate surface area is 94.3 Å². The Morgan fingerprint density at radius 1 is 1.62 bits per heavy atom. The molecule has 0 aliphatic carbocycles. The minimum Gasteiger partial charge on any atom is -0.481 e. The van der Waals surface area contributed by atoms with Crippen molar-refractivity contribution in [2.75, 3.05) is 20.2 Å². The van der Waals surface area contributed by atoms with Gasteiger partial charge in [-0.2, -0.15) is 0 Å². The fourth-order valence-corrected chi connectivity index (χ4v) is 2.06. The number of amides is 1. The van der Waals surface area contributed by atoms with Gasteiger partial charge < -0.3 is 20.5 Å². The van der Waals surface area contributed by atoms with E-state index in [0.717, 1.165) is 0 Å². The molecule has 1 rings (SSSR count). The normalized spacial score (nSPS) is 26.8. The lowest BCUT2D eigenvalue weighted by atomic mass is 10.0. The molecule has 0 bridgehead atoms. The summed E-state index contributed by atoms with van der Waals surface area (Å²) < 4.78 is 4.95. The van der Waals surface area contributed by atoms with Crippen molar-refractivity contribution in [2.24, 2.45) is 11.7 Å². The second-order valence-electron chi connectivity index (χ2n) is 3.97. The van der Waals surface area contributed by atoms with Crippen LogP contribution in [0.4, 0.5) is 0 Å². The maximum absolute atomic E-state index is 11.9. The van der Waals surface area contributed by atoms with Crippen LogP contribution in [-0.2, 0) is 14.3 Å². The SMILES string of the molecule is COC(CN)C(=O)N1CCC(C(=O)O)C1C. The minimum atomic E-state index is -0.857. The lowest BCUT2D eigenvalue weighted by molar-refractivity contribution is -0.145. The van der Waals surface area contributed by atoms with Crippen LogP contribution in [-0.4, -0.2) is 54.2 Å². The Bertz CT molecular complexity index is 278. The molecule has 0 aromatic carbocycles. The lowest BCUT2D eigenvalue weighted by Crippen LogP contribution is -2.46. The molecule has 0 radical (unpaired) electrons. The third-order valence-electron chi connectivity index (χ3n) is 3.13. The van der Waals surface area contributed by atoms with E-state index >= 15 is 0 Å². The van der Waals surface area contributed by atoms with Crippen molar-refractivity contribution >= 4 is 11.9 Å². The number of aliphatic carboxylic acids is 1. The molecule has 3 unspecified atom stereocenters. The van der Waals surface area contributed by atoms with Crippen LogP contribution in [0.2, 0.25) is 0 Å². The maximum Gasteiger partial charge on any atom is 0.308 e. The number of hydrogen-bond donors (Lipinski definition) is 2. The van der Waals surface area contributed by atoms with Crippen molar-refractivity contribution < 1.29 is 19.4 Å². The van der Waals surface area contributed by atoms with E-state index in [1.54, 1.807) is 11.8 Å². The molecule has 6 nitrogen and oxygen atoms in total. The molecule has 1 saturated heterocycles. The van der Waals surface area contributed by atoms with Crippen molar-refractivity contribution in [1.82, 2.24) is 4.90 Å². The van der Waals surface area contributed by atoms with Gasteiger partial charge in [0, 0.05) is 26.2 Å². The van der Waals surface area contributed by atoms with E-state index in [-0.39, 0.29) is 18.5 Å². The molecule has 1 fully saturated rings. The van der Waals surface area contributed by atoms with E-state index in [9.17, 15) is 9.59 Å². The Morgan fingerprint density at radius 3 is 2.62 bits per heavy atom. The Morgan fingerprint density at radius 2 is 2.25 bits per heavy atom. The van der Waals surface area contributed by atoms with Gasteiger partial charge in [-0.15, -0.1) is 0 Å². The highest BCUT2D eigenvalue weighted by Gasteiger charge is 2.39. The highest BCUT2D eigenvalue weighted by molar-refractivity contribution is 5.83. The van der Waals surface area contributed by atoms with Gasteiger partial charge in [-0.3, -0.25) is 9.59 Å². The van der Waals surface area contributed by atoms with Crippen LogP contribution in [0.1, 0.15) is 13.3 Å². The van der Waals surface area contributed by atoms with Crippen molar-refractivity contribution in [2.45, 2.75) is 25.5 Å². The zero-order chi connectivity index (χ0) is 12.3. The zero-order valence-corrected chi connectivity index (χ0v) is 9.55. The van der Waals surface area contributed by atoms with Crippen molar-refractivity contribution in [3.05, 3.63) is 0 Å².